The highest BCUT2D eigenvalue weighted by Crippen LogP contribution is 2.40. The Morgan fingerprint density at radius 1 is 1.36 bits per heavy atom. The van der Waals surface area contributed by atoms with Gasteiger partial charge in [-0.15, -0.1) is 0 Å². The van der Waals surface area contributed by atoms with Gasteiger partial charge in [-0.3, -0.25) is 5.10 Å². The van der Waals surface area contributed by atoms with Gasteiger partial charge in [0.05, 0.1) is 0 Å². The first kappa shape index (κ1) is 15.8. The van der Waals surface area contributed by atoms with Crippen LogP contribution in [0.5, 0.6) is 0 Å². The highest BCUT2D eigenvalue weighted by Gasteiger charge is 2.29. The minimum absolute atomic E-state index is 0.0192. The molecule has 0 fully saturated rings. The fourth-order valence-corrected chi connectivity index (χ4v) is 4.28. The van der Waals surface area contributed by atoms with Gasteiger partial charge in [-0.2, -0.15) is 16.9 Å². The lowest BCUT2D eigenvalue weighted by atomic mass is 9.90. The van der Waals surface area contributed by atoms with E-state index in [0.717, 1.165) is 30.0 Å². The highest BCUT2D eigenvalue weighted by atomic mass is 32.2. The summed E-state index contributed by atoms with van der Waals surface area (Å²) >= 11 is 1.90. The van der Waals surface area contributed by atoms with Crippen molar-refractivity contribution in [2.75, 3.05) is 20.0 Å². The third kappa shape index (κ3) is 3.14. The van der Waals surface area contributed by atoms with Crippen LogP contribution in [0.25, 0.3) is 0 Å². The Balaban J connectivity index is 1.80. The molecule has 0 spiro atoms. The van der Waals surface area contributed by atoms with Gasteiger partial charge < -0.3 is 9.47 Å². The Morgan fingerprint density at radius 3 is 2.86 bits per heavy atom. The van der Waals surface area contributed by atoms with Crippen molar-refractivity contribution in [3.05, 3.63) is 40.5 Å². The fourth-order valence-electron chi connectivity index (χ4n) is 3.09. The second-order valence-corrected chi connectivity index (χ2v) is 6.69. The summed E-state index contributed by atoms with van der Waals surface area (Å²) in [7, 11) is 3.24. The van der Waals surface area contributed by atoms with E-state index in [0.29, 0.717) is 12.3 Å². The van der Waals surface area contributed by atoms with Crippen LogP contribution in [0.15, 0.2) is 23.6 Å². The maximum Gasteiger partial charge on any atom is 0.202 e. The molecule has 22 heavy (non-hydrogen) atoms. The van der Waals surface area contributed by atoms with E-state index in [9.17, 15) is 4.39 Å². The molecule has 3 rings (SSSR count). The zero-order valence-corrected chi connectivity index (χ0v) is 13.7. The van der Waals surface area contributed by atoms with Crippen molar-refractivity contribution in [2.45, 2.75) is 37.2 Å². The number of nitrogens with zero attached hydrogens (tertiary/aromatic N) is 1. The van der Waals surface area contributed by atoms with Gasteiger partial charge in [0, 0.05) is 49.3 Å². The molecule has 0 radical (unpaired) electrons. The van der Waals surface area contributed by atoms with Gasteiger partial charge in [-0.05, 0) is 18.9 Å². The van der Waals surface area contributed by atoms with Crippen LogP contribution >= 0.6 is 11.8 Å². The molecule has 0 amide bonds. The van der Waals surface area contributed by atoms with E-state index < -0.39 is 6.29 Å². The Morgan fingerprint density at radius 2 is 2.18 bits per heavy atom. The summed E-state index contributed by atoms with van der Waals surface area (Å²) in [6.45, 7) is 0. The van der Waals surface area contributed by atoms with Crippen LogP contribution < -0.4 is 0 Å². The normalized spacial score (nSPS) is 21.5. The third-order valence-electron chi connectivity index (χ3n) is 4.25. The van der Waals surface area contributed by atoms with Crippen molar-refractivity contribution in [1.82, 2.24) is 10.2 Å². The molecule has 120 valence electrons. The maximum atomic E-state index is 13.1. The number of methoxy groups -OCH3 is 2. The average molecular weight is 324 g/mol. The quantitative estimate of drug-likeness (QED) is 0.832. The number of allylic oxidation sites excluding steroid dienone is 4. The number of hydrogen-bond donors (Lipinski definition) is 1. The number of fused-ring (bicyclic) bond motifs is 1. The SMILES string of the molecule is COC(OC)c1n[nH]c2c1CSCC2CC1=CC=C(F)CC1. The summed E-state index contributed by atoms with van der Waals surface area (Å²) in [5.74, 6) is 2.36. The molecule has 1 unspecified atom stereocenters. The fraction of sp³-hybridized carbons (Fsp3) is 0.562. The van der Waals surface area contributed by atoms with Crippen LogP contribution in [0.1, 0.15) is 48.4 Å². The second kappa shape index (κ2) is 6.98. The first-order chi connectivity index (χ1) is 10.7. The number of ether oxygens (including phenoxy) is 2. The summed E-state index contributed by atoms with van der Waals surface area (Å²) < 4.78 is 23.8. The molecule has 1 aromatic heterocycles. The Kier molecular flexibility index (Phi) is 5.00. The lowest BCUT2D eigenvalue weighted by molar-refractivity contribution is -0.109. The lowest BCUT2D eigenvalue weighted by Gasteiger charge is -2.24. The number of halogens is 1. The van der Waals surface area contributed by atoms with Crippen molar-refractivity contribution >= 4 is 11.8 Å². The number of rotatable bonds is 5. The number of nitrogens with one attached hydrogen (secondary N) is 1. The molecule has 0 saturated carbocycles. The van der Waals surface area contributed by atoms with Gasteiger partial charge in [-0.25, -0.2) is 4.39 Å². The predicted molar refractivity (Wildman–Crippen MR) is 85.4 cm³/mol. The molecule has 1 N–H and O–H groups in total. The summed E-state index contributed by atoms with van der Waals surface area (Å²) in [6.07, 6.45) is 5.41. The largest absolute Gasteiger partial charge is 0.350 e. The van der Waals surface area contributed by atoms with E-state index in [1.54, 1.807) is 20.3 Å². The van der Waals surface area contributed by atoms with Gasteiger partial charge >= 0.3 is 0 Å². The van der Waals surface area contributed by atoms with E-state index in [4.69, 9.17) is 9.47 Å². The van der Waals surface area contributed by atoms with Crippen LogP contribution in [-0.4, -0.2) is 30.2 Å². The zero-order valence-electron chi connectivity index (χ0n) is 12.9. The number of aromatic amines is 1. The topological polar surface area (TPSA) is 47.1 Å². The molecule has 0 saturated heterocycles. The van der Waals surface area contributed by atoms with Crippen LogP contribution in [0.3, 0.4) is 0 Å². The smallest absolute Gasteiger partial charge is 0.202 e. The monoisotopic (exact) mass is 324 g/mol. The minimum atomic E-state index is -0.426. The van der Waals surface area contributed by atoms with E-state index in [1.807, 2.05) is 17.8 Å². The van der Waals surface area contributed by atoms with Gasteiger partial charge in [0.15, 0.2) is 0 Å². The summed E-state index contributed by atoms with van der Waals surface area (Å²) in [6, 6.07) is 0. The molecular weight excluding hydrogens is 303 g/mol. The van der Waals surface area contributed by atoms with E-state index >= 15 is 0 Å². The lowest BCUT2D eigenvalue weighted by Crippen LogP contribution is -2.14. The van der Waals surface area contributed by atoms with E-state index in [-0.39, 0.29) is 5.83 Å². The molecule has 2 aliphatic rings. The standard InChI is InChI=1S/C16H21FN2O2S/c1-20-16(21-2)15-13-9-22-8-11(14(13)18-19-15)7-10-3-5-12(17)6-4-10/h3,5,11,16H,4,6-9H2,1-2H3,(H,18,19). The molecule has 0 aromatic carbocycles. The highest BCUT2D eigenvalue weighted by molar-refractivity contribution is 7.98. The van der Waals surface area contributed by atoms with Gasteiger partial charge in [0.2, 0.25) is 6.29 Å². The second-order valence-electron chi connectivity index (χ2n) is 5.66. The number of H-pyrrole nitrogens is 1. The van der Waals surface area contributed by atoms with Crippen molar-refractivity contribution in [3.63, 3.8) is 0 Å². The van der Waals surface area contributed by atoms with Gasteiger partial charge in [0.1, 0.15) is 11.5 Å². The van der Waals surface area contributed by atoms with E-state index in [2.05, 4.69) is 10.2 Å². The first-order valence-corrected chi connectivity index (χ1v) is 8.62. The Hall–Kier alpha value is -1.11. The maximum absolute atomic E-state index is 13.1. The Labute approximate surface area is 134 Å². The van der Waals surface area contributed by atoms with Gasteiger partial charge in [0.25, 0.3) is 0 Å². The molecule has 1 atom stereocenters. The molecule has 0 bridgehead atoms. The summed E-state index contributed by atoms with van der Waals surface area (Å²) in [4.78, 5) is 0. The Bertz CT molecular complexity index is 593. The molecular formula is C16H21FN2O2S. The van der Waals surface area contributed by atoms with Gasteiger partial charge in [-0.1, -0.05) is 11.6 Å². The average Bonchev–Trinajstić information content (AvgIpc) is 2.96. The zero-order chi connectivity index (χ0) is 15.5. The summed E-state index contributed by atoms with van der Waals surface area (Å²) in [5.41, 5.74) is 4.55. The van der Waals surface area contributed by atoms with Crippen LogP contribution in [0.2, 0.25) is 0 Å². The third-order valence-corrected chi connectivity index (χ3v) is 5.38. The molecule has 1 aliphatic heterocycles. The van der Waals surface area contributed by atoms with Crippen LogP contribution in [0.4, 0.5) is 4.39 Å². The molecule has 6 heteroatoms. The van der Waals surface area contributed by atoms with Crippen LogP contribution in [-0.2, 0) is 15.2 Å². The van der Waals surface area contributed by atoms with E-state index in [1.165, 1.54) is 16.8 Å². The number of aromatic nitrogens is 2. The van der Waals surface area contributed by atoms with Crippen molar-refractivity contribution in [1.29, 1.82) is 0 Å². The summed E-state index contributed by atoms with van der Waals surface area (Å²) in [5, 5.41) is 7.60. The number of hydrogen-bond acceptors (Lipinski definition) is 4. The molecule has 1 aromatic rings. The van der Waals surface area contributed by atoms with Crippen LogP contribution in [0, 0.1) is 0 Å². The van der Waals surface area contributed by atoms with Crippen molar-refractivity contribution in [2.24, 2.45) is 0 Å². The predicted octanol–water partition coefficient (Wildman–Crippen LogP) is 4.00. The van der Waals surface area contributed by atoms with Crippen molar-refractivity contribution < 1.29 is 13.9 Å². The number of thioether (sulfide) groups is 1. The molecule has 2 heterocycles. The minimum Gasteiger partial charge on any atom is -0.350 e. The van der Waals surface area contributed by atoms with Crippen molar-refractivity contribution in [3.8, 4) is 0 Å². The molecule has 1 aliphatic carbocycles. The first-order valence-electron chi connectivity index (χ1n) is 7.47. The molecule has 4 nitrogen and oxygen atoms in total.